The van der Waals surface area contributed by atoms with Gasteiger partial charge in [-0.2, -0.15) is 0 Å². The summed E-state index contributed by atoms with van der Waals surface area (Å²) in [5.74, 6) is 1.77. The molecule has 3 rings (SSSR count). The molecule has 24 heavy (non-hydrogen) atoms. The molecule has 0 saturated carbocycles. The Kier molecular flexibility index (Phi) is 6.64. The van der Waals surface area contributed by atoms with E-state index in [-0.39, 0.29) is 24.2 Å². The van der Waals surface area contributed by atoms with Crippen LogP contribution in [0, 0.1) is 12.8 Å². The molecule has 0 bridgehead atoms. The van der Waals surface area contributed by atoms with E-state index < -0.39 is 0 Å². The molecule has 0 aliphatic carbocycles. The lowest BCUT2D eigenvalue weighted by Crippen LogP contribution is -2.31. The first-order chi connectivity index (χ1) is 11.2. The lowest BCUT2D eigenvalue weighted by Gasteiger charge is -2.14. The largest absolute Gasteiger partial charge is 0.457 e. The van der Waals surface area contributed by atoms with E-state index >= 15 is 0 Å². The fourth-order valence-corrected chi connectivity index (χ4v) is 2.69. The average Bonchev–Trinajstić information content (AvgIpc) is 3.10. The number of halogens is 1. The molecule has 4 nitrogen and oxygen atoms in total. The number of carbonyl (C=O) groups is 1. The third kappa shape index (κ3) is 4.73. The minimum atomic E-state index is 0. The Bertz CT molecular complexity index is 667. The van der Waals surface area contributed by atoms with Crippen molar-refractivity contribution in [2.75, 3.05) is 13.1 Å². The minimum Gasteiger partial charge on any atom is -0.457 e. The van der Waals surface area contributed by atoms with E-state index in [1.165, 1.54) is 5.56 Å². The van der Waals surface area contributed by atoms with E-state index in [1.54, 1.807) is 0 Å². The lowest BCUT2D eigenvalue weighted by molar-refractivity contribution is -0.124. The van der Waals surface area contributed by atoms with Crippen LogP contribution in [0.5, 0.6) is 11.5 Å². The van der Waals surface area contributed by atoms with Gasteiger partial charge in [-0.15, -0.1) is 12.4 Å². The van der Waals surface area contributed by atoms with Crippen LogP contribution in [0.4, 0.5) is 0 Å². The van der Waals surface area contributed by atoms with Gasteiger partial charge < -0.3 is 15.4 Å². The summed E-state index contributed by atoms with van der Waals surface area (Å²) in [4.78, 5) is 12.1. The van der Waals surface area contributed by atoms with E-state index in [9.17, 15) is 4.79 Å². The van der Waals surface area contributed by atoms with Crippen LogP contribution in [-0.4, -0.2) is 19.0 Å². The van der Waals surface area contributed by atoms with Gasteiger partial charge in [0.15, 0.2) is 0 Å². The third-order valence-electron chi connectivity index (χ3n) is 4.11. The number of amides is 1. The lowest BCUT2D eigenvalue weighted by atomic mass is 10.1. The average molecular weight is 347 g/mol. The topological polar surface area (TPSA) is 50.4 Å². The maximum absolute atomic E-state index is 12.1. The second-order valence-electron chi connectivity index (χ2n) is 5.93. The van der Waals surface area contributed by atoms with Gasteiger partial charge in [0.1, 0.15) is 11.5 Å². The summed E-state index contributed by atoms with van der Waals surface area (Å²) >= 11 is 0. The predicted molar refractivity (Wildman–Crippen MR) is 97.8 cm³/mol. The van der Waals surface area contributed by atoms with Gasteiger partial charge >= 0.3 is 0 Å². The second-order valence-corrected chi connectivity index (χ2v) is 5.93. The normalized spacial score (nSPS) is 16.3. The van der Waals surface area contributed by atoms with Crippen LogP contribution in [0.2, 0.25) is 0 Å². The molecule has 1 aliphatic rings. The molecule has 1 atom stereocenters. The Labute approximate surface area is 149 Å². The molecule has 0 aromatic heterocycles. The molecule has 128 valence electrons. The van der Waals surface area contributed by atoms with E-state index in [0.29, 0.717) is 6.54 Å². The fourth-order valence-electron chi connectivity index (χ4n) is 2.69. The number of para-hydroxylation sites is 1. The van der Waals surface area contributed by atoms with Gasteiger partial charge in [-0.05, 0) is 38.1 Å². The van der Waals surface area contributed by atoms with Crippen molar-refractivity contribution in [3.63, 3.8) is 0 Å². The van der Waals surface area contributed by atoms with Crippen molar-refractivity contribution in [3.8, 4) is 11.5 Å². The van der Waals surface area contributed by atoms with Crippen LogP contribution >= 0.6 is 12.4 Å². The summed E-state index contributed by atoms with van der Waals surface area (Å²) in [6, 6.07) is 15.8. The number of carbonyl (C=O) groups excluding carboxylic acids is 1. The molecule has 2 aromatic rings. The number of rotatable bonds is 5. The predicted octanol–water partition coefficient (Wildman–Crippen LogP) is 3.43. The molecule has 1 heterocycles. The highest BCUT2D eigenvalue weighted by molar-refractivity contribution is 5.85. The van der Waals surface area contributed by atoms with Gasteiger partial charge in [-0.3, -0.25) is 4.79 Å². The number of hydrogen-bond donors (Lipinski definition) is 2. The Hall–Kier alpha value is -2.04. The van der Waals surface area contributed by atoms with E-state index in [2.05, 4.69) is 10.6 Å². The van der Waals surface area contributed by atoms with Gasteiger partial charge in [0, 0.05) is 18.7 Å². The summed E-state index contributed by atoms with van der Waals surface area (Å²) in [7, 11) is 0. The monoisotopic (exact) mass is 346 g/mol. The third-order valence-corrected chi connectivity index (χ3v) is 4.11. The van der Waals surface area contributed by atoms with Crippen LogP contribution in [0.15, 0.2) is 48.5 Å². The van der Waals surface area contributed by atoms with Gasteiger partial charge in [-0.25, -0.2) is 0 Å². The highest BCUT2D eigenvalue weighted by atomic mass is 35.5. The molecule has 1 unspecified atom stereocenters. The SMILES string of the molecule is Cc1ccc(Oc2ccccc2CNC(=O)C2CCNC2)cc1.Cl. The molecule has 1 amide bonds. The molecular formula is C19H23ClN2O2. The zero-order chi connectivity index (χ0) is 16.1. The molecule has 5 heteroatoms. The van der Waals surface area contributed by atoms with Crippen molar-refractivity contribution < 1.29 is 9.53 Å². The molecular weight excluding hydrogens is 324 g/mol. The number of benzene rings is 2. The Morgan fingerprint density at radius 2 is 1.96 bits per heavy atom. The maximum Gasteiger partial charge on any atom is 0.224 e. The zero-order valence-electron chi connectivity index (χ0n) is 13.7. The van der Waals surface area contributed by atoms with Crippen molar-refractivity contribution in [2.24, 2.45) is 5.92 Å². The zero-order valence-corrected chi connectivity index (χ0v) is 14.6. The molecule has 0 radical (unpaired) electrons. The first-order valence-corrected chi connectivity index (χ1v) is 8.03. The quantitative estimate of drug-likeness (QED) is 0.872. The summed E-state index contributed by atoms with van der Waals surface area (Å²) in [6.45, 7) is 4.22. The van der Waals surface area contributed by atoms with Crippen LogP contribution in [0.1, 0.15) is 17.5 Å². The Morgan fingerprint density at radius 1 is 1.21 bits per heavy atom. The smallest absolute Gasteiger partial charge is 0.224 e. The van der Waals surface area contributed by atoms with Gasteiger partial charge in [-0.1, -0.05) is 35.9 Å². The Balaban J connectivity index is 0.00000208. The van der Waals surface area contributed by atoms with Crippen molar-refractivity contribution in [3.05, 3.63) is 59.7 Å². The highest BCUT2D eigenvalue weighted by Crippen LogP contribution is 2.25. The number of hydrogen-bond acceptors (Lipinski definition) is 3. The minimum absolute atomic E-state index is 0. The summed E-state index contributed by atoms with van der Waals surface area (Å²) in [5.41, 5.74) is 2.18. The van der Waals surface area contributed by atoms with Crippen LogP contribution in [0.25, 0.3) is 0 Å². The number of ether oxygens (including phenoxy) is 1. The van der Waals surface area contributed by atoms with Gasteiger partial charge in [0.05, 0.1) is 5.92 Å². The Morgan fingerprint density at radius 3 is 2.67 bits per heavy atom. The van der Waals surface area contributed by atoms with E-state index in [4.69, 9.17) is 4.74 Å². The maximum atomic E-state index is 12.1. The molecule has 1 fully saturated rings. The first-order valence-electron chi connectivity index (χ1n) is 8.03. The van der Waals surface area contributed by atoms with Crippen LogP contribution < -0.4 is 15.4 Å². The first kappa shape index (κ1) is 18.3. The van der Waals surface area contributed by atoms with Crippen molar-refractivity contribution in [1.29, 1.82) is 0 Å². The van der Waals surface area contributed by atoms with Crippen molar-refractivity contribution in [1.82, 2.24) is 10.6 Å². The van der Waals surface area contributed by atoms with Crippen molar-refractivity contribution >= 4 is 18.3 Å². The van der Waals surface area contributed by atoms with E-state index in [0.717, 1.165) is 36.6 Å². The highest BCUT2D eigenvalue weighted by Gasteiger charge is 2.22. The van der Waals surface area contributed by atoms with Crippen LogP contribution in [-0.2, 0) is 11.3 Å². The molecule has 1 aliphatic heterocycles. The van der Waals surface area contributed by atoms with Crippen LogP contribution in [0.3, 0.4) is 0 Å². The summed E-state index contributed by atoms with van der Waals surface area (Å²) in [6.07, 6.45) is 0.910. The summed E-state index contributed by atoms with van der Waals surface area (Å²) in [5, 5.41) is 6.23. The number of nitrogens with one attached hydrogen (secondary N) is 2. The van der Waals surface area contributed by atoms with Crippen molar-refractivity contribution in [2.45, 2.75) is 19.9 Å². The van der Waals surface area contributed by atoms with Gasteiger partial charge in [0.25, 0.3) is 0 Å². The van der Waals surface area contributed by atoms with Gasteiger partial charge in [0.2, 0.25) is 5.91 Å². The summed E-state index contributed by atoms with van der Waals surface area (Å²) < 4.78 is 5.96. The molecule has 1 saturated heterocycles. The molecule has 0 spiro atoms. The number of aryl methyl sites for hydroxylation is 1. The molecule has 2 N–H and O–H groups in total. The van der Waals surface area contributed by atoms with E-state index in [1.807, 2.05) is 55.5 Å². The molecule has 2 aromatic carbocycles. The second kappa shape index (κ2) is 8.71. The standard InChI is InChI=1S/C19H22N2O2.ClH/c1-14-6-8-17(9-7-14)23-18-5-3-2-4-15(18)13-21-19(22)16-10-11-20-12-16;/h2-9,16,20H,10-13H2,1H3,(H,21,22);1H. The fraction of sp³-hybridized carbons (Fsp3) is 0.316.